The zero-order valence-electron chi connectivity index (χ0n) is 9.87. The van der Waals surface area contributed by atoms with Crippen LogP contribution in [0, 0.1) is 5.92 Å². The molecule has 0 aliphatic rings. The number of carboxylic acid groups (broad SMARTS) is 1. The minimum Gasteiger partial charge on any atom is -0.481 e. The van der Waals surface area contributed by atoms with Crippen LogP contribution in [-0.2, 0) is 14.3 Å². The summed E-state index contributed by atoms with van der Waals surface area (Å²) in [6, 6.07) is 0. The summed E-state index contributed by atoms with van der Waals surface area (Å²) in [6.45, 7) is 7.19. The summed E-state index contributed by atoms with van der Waals surface area (Å²) in [7, 11) is 0. The second-order valence-corrected chi connectivity index (χ2v) is 4.61. The molecule has 1 atom stereocenters. The molecule has 0 heterocycles. The van der Waals surface area contributed by atoms with Crippen molar-refractivity contribution in [2.75, 3.05) is 0 Å². The lowest BCUT2D eigenvalue weighted by atomic mass is 10.00. The van der Waals surface area contributed by atoms with Crippen molar-refractivity contribution in [3.05, 3.63) is 0 Å². The molecule has 0 aromatic carbocycles. The van der Waals surface area contributed by atoms with Crippen LogP contribution in [0.5, 0.6) is 0 Å². The smallest absolute Gasteiger partial charge is 0.307 e. The van der Waals surface area contributed by atoms with Crippen molar-refractivity contribution in [1.82, 2.24) is 0 Å². The van der Waals surface area contributed by atoms with Gasteiger partial charge in [-0.1, -0.05) is 13.3 Å². The Morgan fingerprint density at radius 1 is 1.33 bits per heavy atom. The minimum atomic E-state index is -0.928. The summed E-state index contributed by atoms with van der Waals surface area (Å²) in [4.78, 5) is 22.1. The van der Waals surface area contributed by atoms with Crippen LogP contribution in [0.3, 0.4) is 0 Å². The molecule has 0 saturated heterocycles. The largest absolute Gasteiger partial charge is 0.481 e. The van der Waals surface area contributed by atoms with Gasteiger partial charge in [-0.15, -0.1) is 0 Å². The van der Waals surface area contributed by atoms with Crippen molar-refractivity contribution < 1.29 is 19.4 Å². The predicted molar refractivity (Wildman–Crippen MR) is 56.5 cm³/mol. The number of carbonyl (C=O) groups excluding carboxylic acids is 1. The van der Waals surface area contributed by atoms with Crippen molar-refractivity contribution in [3.63, 3.8) is 0 Å². The summed E-state index contributed by atoms with van der Waals surface area (Å²) < 4.78 is 5.06. The number of hydrogen-bond acceptors (Lipinski definition) is 3. The standard InChI is InChI=1S/C11H20O4/c1-5-6-8(10(13)14)7-9(12)15-11(2,3)4/h8H,5-7H2,1-4H3,(H,13,14). The van der Waals surface area contributed by atoms with Gasteiger partial charge in [-0.2, -0.15) is 0 Å². The summed E-state index contributed by atoms with van der Waals surface area (Å²) in [5, 5.41) is 8.84. The third-order valence-electron chi connectivity index (χ3n) is 1.82. The number of esters is 1. The molecule has 0 fully saturated rings. The predicted octanol–water partition coefficient (Wildman–Crippen LogP) is 2.22. The molecule has 88 valence electrons. The Kier molecular flexibility index (Phi) is 5.33. The Bertz CT molecular complexity index is 227. The molecule has 0 aliphatic carbocycles. The molecule has 1 unspecified atom stereocenters. The van der Waals surface area contributed by atoms with E-state index < -0.39 is 23.5 Å². The third kappa shape index (κ3) is 6.94. The third-order valence-corrected chi connectivity index (χ3v) is 1.82. The van der Waals surface area contributed by atoms with Crippen LogP contribution in [-0.4, -0.2) is 22.6 Å². The van der Waals surface area contributed by atoms with Crippen LogP contribution in [0.25, 0.3) is 0 Å². The van der Waals surface area contributed by atoms with Gasteiger partial charge in [0, 0.05) is 0 Å². The monoisotopic (exact) mass is 216 g/mol. The molecular formula is C11H20O4. The zero-order chi connectivity index (χ0) is 12.1. The molecule has 1 N–H and O–H groups in total. The number of carboxylic acids is 1. The van der Waals surface area contributed by atoms with E-state index in [4.69, 9.17) is 9.84 Å². The van der Waals surface area contributed by atoms with Gasteiger partial charge in [0.1, 0.15) is 5.60 Å². The van der Waals surface area contributed by atoms with Crippen LogP contribution in [0.1, 0.15) is 47.0 Å². The molecule has 0 radical (unpaired) electrons. The van der Waals surface area contributed by atoms with Gasteiger partial charge in [-0.25, -0.2) is 0 Å². The maximum atomic E-state index is 11.4. The normalized spacial score (nSPS) is 13.3. The Labute approximate surface area is 90.6 Å². The summed E-state index contributed by atoms with van der Waals surface area (Å²) in [5.41, 5.74) is -0.549. The number of aliphatic carboxylic acids is 1. The number of ether oxygens (including phenoxy) is 1. The number of carbonyl (C=O) groups is 2. The first-order valence-electron chi connectivity index (χ1n) is 5.21. The van der Waals surface area contributed by atoms with Gasteiger partial charge >= 0.3 is 11.9 Å². The lowest BCUT2D eigenvalue weighted by Gasteiger charge is -2.20. The van der Waals surface area contributed by atoms with Crippen LogP contribution < -0.4 is 0 Å². The van der Waals surface area contributed by atoms with Crippen molar-refractivity contribution >= 4 is 11.9 Å². The van der Waals surface area contributed by atoms with Gasteiger partial charge in [0.15, 0.2) is 0 Å². The molecule has 4 heteroatoms. The maximum Gasteiger partial charge on any atom is 0.307 e. The molecule has 0 rings (SSSR count). The van der Waals surface area contributed by atoms with E-state index in [2.05, 4.69) is 0 Å². The van der Waals surface area contributed by atoms with Gasteiger partial charge in [-0.05, 0) is 27.2 Å². The van der Waals surface area contributed by atoms with Gasteiger partial charge in [0.05, 0.1) is 12.3 Å². The van der Waals surface area contributed by atoms with E-state index in [0.29, 0.717) is 6.42 Å². The highest BCUT2D eigenvalue weighted by Gasteiger charge is 2.24. The van der Waals surface area contributed by atoms with Crippen molar-refractivity contribution in [1.29, 1.82) is 0 Å². The van der Waals surface area contributed by atoms with Crippen molar-refractivity contribution in [2.24, 2.45) is 5.92 Å². The molecule has 0 spiro atoms. The minimum absolute atomic E-state index is 0.0412. The van der Waals surface area contributed by atoms with E-state index in [9.17, 15) is 9.59 Å². The summed E-state index contributed by atoms with van der Waals surface area (Å²) in [5.74, 6) is -1.99. The Hall–Kier alpha value is -1.06. The second-order valence-electron chi connectivity index (χ2n) is 4.61. The van der Waals surface area contributed by atoms with Gasteiger partial charge < -0.3 is 9.84 Å². The molecular weight excluding hydrogens is 196 g/mol. The molecule has 0 aromatic rings. The van der Waals surface area contributed by atoms with Crippen LogP contribution in [0.15, 0.2) is 0 Å². The van der Waals surface area contributed by atoms with Crippen molar-refractivity contribution in [3.8, 4) is 0 Å². The van der Waals surface area contributed by atoms with Crippen LogP contribution in [0.4, 0.5) is 0 Å². The van der Waals surface area contributed by atoms with Crippen LogP contribution >= 0.6 is 0 Å². The maximum absolute atomic E-state index is 11.4. The van der Waals surface area contributed by atoms with Gasteiger partial charge in [0.2, 0.25) is 0 Å². The first kappa shape index (κ1) is 13.9. The Balaban J connectivity index is 4.18. The van der Waals surface area contributed by atoms with E-state index >= 15 is 0 Å². The first-order chi connectivity index (χ1) is 6.76. The molecule has 0 saturated carbocycles. The van der Waals surface area contributed by atoms with E-state index in [1.54, 1.807) is 20.8 Å². The summed E-state index contributed by atoms with van der Waals surface area (Å²) in [6.07, 6.45) is 1.22. The van der Waals surface area contributed by atoms with E-state index in [0.717, 1.165) is 6.42 Å². The van der Waals surface area contributed by atoms with E-state index in [1.165, 1.54) is 0 Å². The van der Waals surface area contributed by atoms with Crippen LogP contribution in [0.2, 0.25) is 0 Å². The highest BCUT2D eigenvalue weighted by molar-refractivity contribution is 5.78. The average molecular weight is 216 g/mol. The topological polar surface area (TPSA) is 63.6 Å². The molecule has 0 aromatic heterocycles. The fraction of sp³-hybridized carbons (Fsp3) is 0.818. The lowest BCUT2D eigenvalue weighted by molar-refractivity contribution is -0.159. The first-order valence-corrected chi connectivity index (χ1v) is 5.21. The second kappa shape index (κ2) is 5.73. The zero-order valence-corrected chi connectivity index (χ0v) is 9.87. The van der Waals surface area contributed by atoms with Crippen molar-refractivity contribution in [2.45, 2.75) is 52.6 Å². The summed E-state index contributed by atoms with van der Waals surface area (Å²) >= 11 is 0. The molecule has 15 heavy (non-hydrogen) atoms. The van der Waals surface area contributed by atoms with Gasteiger partial charge in [0.25, 0.3) is 0 Å². The SMILES string of the molecule is CCCC(CC(=O)OC(C)(C)C)C(=O)O. The Morgan fingerprint density at radius 2 is 1.87 bits per heavy atom. The fourth-order valence-corrected chi connectivity index (χ4v) is 1.25. The van der Waals surface area contributed by atoms with Gasteiger partial charge in [-0.3, -0.25) is 9.59 Å². The number of hydrogen-bond donors (Lipinski definition) is 1. The molecule has 0 aliphatic heterocycles. The average Bonchev–Trinajstić information content (AvgIpc) is 1.99. The van der Waals surface area contributed by atoms with E-state index in [-0.39, 0.29) is 6.42 Å². The highest BCUT2D eigenvalue weighted by Crippen LogP contribution is 2.15. The highest BCUT2D eigenvalue weighted by atomic mass is 16.6. The van der Waals surface area contributed by atoms with E-state index in [1.807, 2.05) is 6.92 Å². The number of rotatable bonds is 5. The lowest BCUT2D eigenvalue weighted by Crippen LogP contribution is -2.27. The fourth-order valence-electron chi connectivity index (χ4n) is 1.25. The Morgan fingerprint density at radius 3 is 2.20 bits per heavy atom. The molecule has 0 amide bonds. The quantitative estimate of drug-likeness (QED) is 0.716. The molecule has 4 nitrogen and oxygen atoms in total. The molecule has 0 bridgehead atoms.